The predicted molar refractivity (Wildman–Crippen MR) is 83.4 cm³/mol. The van der Waals surface area contributed by atoms with Crippen molar-refractivity contribution >= 4 is 17.4 Å². The van der Waals surface area contributed by atoms with Crippen LogP contribution in [0.15, 0.2) is 35.7 Å². The highest BCUT2D eigenvalue weighted by molar-refractivity contribution is 7.03. The number of carbonyl (C=O) groups is 1. The monoisotopic (exact) mass is 301 g/mol. The highest BCUT2D eigenvalue weighted by Crippen LogP contribution is 2.34. The molecule has 0 unspecified atom stereocenters. The summed E-state index contributed by atoms with van der Waals surface area (Å²) in [6, 6.07) is 10.8. The van der Waals surface area contributed by atoms with E-state index >= 15 is 0 Å². The van der Waals surface area contributed by atoms with Crippen LogP contribution in [0.1, 0.15) is 48.2 Å². The van der Waals surface area contributed by atoms with Gasteiger partial charge in [0, 0.05) is 23.9 Å². The summed E-state index contributed by atoms with van der Waals surface area (Å²) in [5.74, 6) is 0.421. The topological polar surface area (TPSA) is 46.1 Å². The number of aromatic nitrogens is 2. The van der Waals surface area contributed by atoms with Gasteiger partial charge in [0.25, 0.3) is 5.91 Å². The van der Waals surface area contributed by atoms with E-state index in [0.717, 1.165) is 25.8 Å². The zero-order valence-electron chi connectivity index (χ0n) is 12.1. The molecule has 21 heavy (non-hydrogen) atoms. The quantitative estimate of drug-likeness (QED) is 0.870. The van der Waals surface area contributed by atoms with Crippen LogP contribution in [-0.2, 0) is 0 Å². The maximum atomic E-state index is 12.6. The minimum atomic E-state index is 0.0284. The summed E-state index contributed by atoms with van der Waals surface area (Å²) in [5.41, 5.74) is 1.80. The highest BCUT2D eigenvalue weighted by atomic mass is 32.1. The summed E-state index contributed by atoms with van der Waals surface area (Å²) in [4.78, 5) is 14.6. The third kappa shape index (κ3) is 2.83. The molecule has 2 heterocycles. The second-order valence-corrected chi connectivity index (χ2v) is 6.03. The van der Waals surface area contributed by atoms with Crippen LogP contribution in [0.2, 0.25) is 0 Å². The molecule has 1 saturated heterocycles. The molecule has 110 valence electrons. The lowest BCUT2D eigenvalue weighted by Crippen LogP contribution is -2.39. The van der Waals surface area contributed by atoms with Gasteiger partial charge in [-0.3, -0.25) is 4.79 Å². The molecule has 0 bridgehead atoms. The lowest BCUT2D eigenvalue weighted by Gasteiger charge is -2.31. The first-order valence-corrected chi connectivity index (χ1v) is 8.28. The van der Waals surface area contributed by atoms with Gasteiger partial charge in [0.15, 0.2) is 5.69 Å². The van der Waals surface area contributed by atoms with Crippen molar-refractivity contribution in [2.75, 3.05) is 6.54 Å². The van der Waals surface area contributed by atoms with E-state index < -0.39 is 0 Å². The van der Waals surface area contributed by atoms with E-state index in [0.29, 0.717) is 11.6 Å². The Hall–Kier alpha value is -1.75. The molecule has 1 aliphatic rings. The Labute approximate surface area is 129 Å². The Morgan fingerprint density at radius 3 is 2.90 bits per heavy atom. The zero-order chi connectivity index (χ0) is 14.7. The summed E-state index contributed by atoms with van der Waals surface area (Å²) in [7, 11) is 0. The second kappa shape index (κ2) is 6.35. The number of likely N-dealkylation sites (tertiary alicyclic amines) is 1. The van der Waals surface area contributed by atoms with Gasteiger partial charge in [0.05, 0.1) is 0 Å². The molecule has 1 aliphatic heterocycles. The molecule has 1 fully saturated rings. The molecule has 1 amide bonds. The normalized spacial score (nSPS) is 19.7. The molecule has 1 aromatic heterocycles. The van der Waals surface area contributed by atoms with Crippen LogP contribution in [0, 0.1) is 0 Å². The fourth-order valence-corrected chi connectivity index (χ4v) is 3.73. The van der Waals surface area contributed by atoms with Crippen LogP contribution < -0.4 is 0 Å². The lowest BCUT2D eigenvalue weighted by molar-refractivity contribution is 0.0708. The molecule has 0 N–H and O–H groups in total. The third-order valence-corrected chi connectivity index (χ3v) is 4.78. The van der Waals surface area contributed by atoms with Crippen molar-refractivity contribution in [3.8, 4) is 0 Å². The van der Waals surface area contributed by atoms with Gasteiger partial charge in [-0.05, 0) is 36.4 Å². The van der Waals surface area contributed by atoms with Gasteiger partial charge >= 0.3 is 0 Å². The molecule has 0 aliphatic carbocycles. The Kier molecular flexibility index (Phi) is 4.29. The zero-order valence-corrected chi connectivity index (χ0v) is 12.9. The Balaban J connectivity index is 1.84. The number of carbonyl (C=O) groups excluding carboxylic acids is 1. The van der Waals surface area contributed by atoms with E-state index in [4.69, 9.17) is 0 Å². The number of nitrogens with zero attached hydrogens (tertiary/aromatic N) is 3. The van der Waals surface area contributed by atoms with Gasteiger partial charge in [0.2, 0.25) is 0 Å². The molecule has 4 nitrogen and oxygen atoms in total. The molecule has 1 aromatic carbocycles. The average molecular weight is 301 g/mol. The number of rotatable bonds is 4. The van der Waals surface area contributed by atoms with Crippen LogP contribution in [0.3, 0.4) is 0 Å². The van der Waals surface area contributed by atoms with Crippen molar-refractivity contribution in [1.29, 1.82) is 0 Å². The van der Waals surface area contributed by atoms with Crippen molar-refractivity contribution in [3.63, 3.8) is 0 Å². The van der Waals surface area contributed by atoms with Gasteiger partial charge in [-0.15, -0.1) is 5.10 Å². The number of hydrogen-bond donors (Lipinski definition) is 0. The van der Waals surface area contributed by atoms with Gasteiger partial charge < -0.3 is 4.90 Å². The molecule has 0 radical (unpaired) electrons. The largest absolute Gasteiger partial charge is 0.334 e. The summed E-state index contributed by atoms with van der Waals surface area (Å²) >= 11 is 1.23. The van der Waals surface area contributed by atoms with Gasteiger partial charge in [-0.25, -0.2) is 0 Å². The Morgan fingerprint density at radius 1 is 1.43 bits per heavy atom. The first kappa shape index (κ1) is 14.2. The van der Waals surface area contributed by atoms with Gasteiger partial charge in [-0.1, -0.05) is 41.7 Å². The first-order chi connectivity index (χ1) is 10.3. The van der Waals surface area contributed by atoms with Crippen LogP contribution in [0.25, 0.3) is 0 Å². The van der Waals surface area contributed by atoms with Crippen LogP contribution in [0.5, 0.6) is 0 Å². The maximum absolute atomic E-state index is 12.6. The molecule has 3 rings (SSSR count). The summed E-state index contributed by atoms with van der Waals surface area (Å²) in [6.45, 7) is 3.02. The van der Waals surface area contributed by atoms with Crippen molar-refractivity contribution in [2.45, 2.75) is 38.1 Å². The fraction of sp³-hybridized carbons (Fsp3) is 0.438. The van der Waals surface area contributed by atoms with Crippen molar-refractivity contribution in [2.24, 2.45) is 0 Å². The molecule has 2 atom stereocenters. The molecular formula is C16H19N3OS. The van der Waals surface area contributed by atoms with E-state index in [1.165, 1.54) is 17.1 Å². The number of hydrogen-bond acceptors (Lipinski definition) is 4. The number of amides is 1. The van der Waals surface area contributed by atoms with E-state index in [9.17, 15) is 4.79 Å². The van der Waals surface area contributed by atoms with Crippen molar-refractivity contribution in [3.05, 3.63) is 47.0 Å². The molecular weight excluding hydrogens is 282 g/mol. The summed E-state index contributed by atoms with van der Waals surface area (Å²) < 4.78 is 3.81. The number of benzene rings is 1. The van der Waals surface area contributed by atoms with E-state index in [2.05, 4.69) is 40.8 Å². The smallest absolute Gasteiger partial charge is 0.275 e. The Bertz CT molecular complexity index is 585. The highest BCUT2D eigenvalue weighted by Gasteiger charge is 2.35. The maximum Gasteiger partial charge on any atom is 0.275 e. The minimum Gasteiger partial charge on any atom is -0.334 e. The van der Waals surface area contributed by atoms with Crippen LogP contribution >= 0.6 is 11.5 Å². The Morgan fingerprint density at radius 2 is 2.24 bits per heavy atom. The first-order valence-electron chi connectivity index (χ1n) is 7.44. The van der Waals surface area contributed by atoms with Crippen molar-refractivity contribution in [1.82, 2.24) is 14.5 Å². The SMILES string of the molecule is CC[C@H](c1ccccc1)[C@H]1CCCN1C(=O)c1csnn1. The molecule has 5 heteroatoms. The van der Waals surface area contributed by atoms with E-state index in [1.807, 2.05) is 11.0 Å². The minimum absolute atomic E-state index is 0.0284. The summed E-state index contributed by atoms with van der Waals surface area (Å²) in [5, 5.41) is 5.67. The molecule has 0 spiro atoms. The van der Waals surface area contributed by atoms with Gasteiger partial charge in [-0.2, -0.15) is 0 Å². The fourth-order valence-electron chi connectivity index (χ4n) is 3.30. The predicted octanol–water partition coefficient (Wildman–Crippen LogP) is 3.34. The van der Waals surface area contributed by atoms with E-state index in [-0.39, 0.29) is 11.9 Å². The van der Waals surface area contributed by atoms with Crippen LogP contribution in [0.4, 0.5) is 0 Å². The lowest BCUT2D eigenvalue weighted by atomic mass is 9.87. The average Bonchev–Trinajstić information content (AvgIpc) is 3.20. The molecule has 2 aromatic rings. The second-order valence-electron chi connectivity index (χ2n) is 5.42. The van der Waals surface area contributed by atoms with Crippen LogP contribution in [-0.4, -0.2) is 33.0 Å². The standard InChI is InChI=1S/C16H19N3OS/c1-2-13(12-7-4-3-5-8-12)15-9-6-10-19(15)16(20)14-11-21-18-17-14/h3-5,7-8,11,13,15H,2,6,9-10H2,1H3/t13-,15-/m1/s1. The summed E-state index contributed by atoms with van der Waals surface area (Å²) in [6.07, 6.45) is 3.17. The van der Waals surface area contributed by atoms with Gasteiger partial charge in [0.1, 0.15) is 0 Å². The molecule has 0 saturated carbocycles. The van der Waals surface area contributed by atoms with E-state index in [1.54, 1.807) is 5.38 Å². The third-order valence-electron chi connectivity index (χ3n) is 4.27. The van der Waals surface area contributed by atoms with Crippen molar-refractivity contribution < 1.29 is 4.79 Å².